The maximum Gasteiger partial charge on any atom is 0.416 e. The predicted octanol–water partition coefficient (Wildman–Crippen LogP) is 3.21. The monoisotopic (exact) mass is 317 g/mol. The highest BCUT2D eigenvalue weighted by Gasteiger charge is 2.30. The highest BCUT2D eigenvalue weighted by molar-refractivity contribution is 6.05. The predicted molar refractivity (Wildman–Crippen MR) is 68.0 cm³/mol. The van der Waals surface area contributed by atoms with Gasteiger partial charge in [0.2, 0.25) is 5.95 Å². The Bertz CT molecular complexity index is 730. The number of amides is 1. The fourth-order valence-electron chi connectivity index (χ4n) is 1.59. The van der Waals surface area contributed by atoms with Gasteiger partial charge in [-0.15, -0.1) is 0 Å². The van der Waals surface area contributed by atoms with Crippen LogP contribution in [0.15, 0.2) is 30.5 Å². The van der Waals surface area contributed by atoms with Crippen molar-refractivity contribution in [1.82, 2.24) is 4.98 Å². The summed E-state index contributed by atoms with van der Waals surface area (Å²) in [7, 11) is 0. The Morgan fingerprint density at radius 3 is 2.41 bits per heavy atom. The Morgan fingerprint density at radius 1 is 1.18 bits per heavy atom. The van der Waals surface area contributed by atoms with Crippen LogP contribution in [-0.2, 0) is 6.18 Å². The van der Waals surface area contributed by atoms with Crippen molar-refractivity contribution in [2.45, 2.75) is 6.18 Å². The number of nitrogens with one attached hydrogen (secondary N) is 1. The van der Waals surface area contributed by atoms with Crippen molar-refractivity contribution >= 4 is 17.3 Å². The van der Waals surface area contributed by atoms with Crippen molar-refractivity contribution < 1.29 is 26.7 Å². The molecule has 4 nitrogen and oxygen atoms in total. The van der Waals surface area contributed by atoms with Crippen LogP contribution in [0.5, 0.6) is 0 Å². The van der Waals surface area contributed by atoms with Gasteiger partial charge in [0.1, 0.15) is 0 Å². The number of nitrogens with zero attached hydrogens (tertiary/aromatic N) is 1. The van der Waals surface area contributed by atoms with Crippen molar-refractivity contribution in [3.8, 4) is 0 Å². The Morgan fingerprint density at radius 2 is 1.86 bits per heavy atom. The summed E-state index contributed by atoms with van der Waals surface area (Å²) >= 11 is 0. The van der Waals surface area contributed by atoms with E-state index < -0.39 is 29.4 Å². The van der Waals surface area contributed by atoms with E-state index in [9.17, 15) is 26.7 Å². The smallest absolute Gasteiger partial charge is 0.397 e. The minimum absolute atomic E-state index is 0.0947. The molecule has 1 aromatic heterocycles. The third kappa shape index (κ3) is 3.30. The van der Waals surface area contributed by atoms with Gasteiger partial charge >= 0.3 is 6.18 Å². The molecule has 116 valence electrons. The number of alkyl halides is 3. The lowest BCUT2D eigenvalue weighted by molar-refractivity contribution is -0.137. The molecule has 3 N–H and O–H groups in total. The first-order valence-corrected chi connectivity index (χ1v) is 5.77. The van der Waals surface area contributed by atoms with E-state index in [0.717, 1.165) is 18.3 Å². The SMILES string of the molecule is Nc1cc(C(F)(F)F)ccc1NC(=O)c1cnc(F)c(F)c1. The molecule has 1 heterocycles. The van der Waals surface area contributed by atoms with Crippen LogP contribution >= 0.6 is 0 Å². The fraction of sp³-hybridized carbons (Fsp3) is 0.0769. The number of nitrogens with two attached hydrogens (primary N) is 1. The molecule has 22 heavy (non-hydrogen) atoms. The van der Waals surface area contributed by atoms with Gasteiger partial charge in [-0.3, -0.25) is 4.79 Å². The second kappa shape index (κ2) is 5.58. The summed E-state index contributed by atoms with van der Waals surface area (Å²) in [6, 6.07) is 2.95. The maximum absolute atomic E-state index is 13.0. The third-order valence-corrected chi connectivity index (χ3v) is 2.69. The zero-order valence-corrected chi connectivity index (χ0v) is 10.7. The molecule has 0 aliphatic heterocycles. The summed E-state index contributed by atoms with van der Waals surface area (Å²) < 4.78 is 63.1. The number of nitrogen functional groups attached to an aromatic ring is 1. The zero-order valence-electron chi connectivity index (χ0n) is 10.7. The molecule has 1 aromatic carbocycles. The van der Waals surface area contributed by atoms with Crippen LogP contribution in [-0.4, -0.2) is 10.9 Å². The number of hydrogen-bond donors (Lipinski definition) is 2. The summed E-state index contributed by atoms with van der Waals surface area (Å²) in [5, 5.41) is 2.19. The Kier molecular flexibility index (Phi) is 3.98. The number of rotatable bonds is 2. The van der Waals surface area contributed by atoms with Gasteiger partial charge in [0.25, 0.3) is 5.91 Å². The maximum atomic E-state index is 13.0. The van der Waals surface area contributed by atoms with E-state index in [2.05, 4.69) is 10.3 Å². The van der Waals surface area contributed by atoms with Crippen LogP contribution in [0.25, 0.3) is 0 Å². The Hall–Kier alpha value is -2.71. The minimum Gasteiger partial charge on any atom is -0.397 e. The molecule has 1 amide bonds. The van der Waals surface area contributed by atoms with Crippen molar-refractivity contribution in [2.24, 2.45) is 0 Å². The van der Waals surface area contributed by atoms with Gasteiger partial charge in [-0.05, 0) is 24.3 Å². The Balaban J connectivity index is 2.23. The van der Waals surface area contributed by atoms with Crippen molar-refractivity contribution in [1.29, 1.82) is 0 Å². The molecular weight excluding hydrogens is 309 g/mol. The molecule has 9 heteroatoms. The summed E-state index contributed by atoms with van der Waals surface area (Å²) in [5.41, 5.74) is 3.74. The van der Waals surface area contributed by atoms with Crippen LogP contribution < -0.4 is 11.1 Å². The quantitative estimate of drug-likeness (QED) is 0.508. The molecule has 0 radical (unpaired) electrons. The first-order valence-electron chi connectivity index (χ1n) is 5.77. The molecule has 0 fully saturated rings. The Labute approximate surface area is 120 Å². The van der Waals surface area contributed by atoms with Gasteiger partial charge in [0.05, 0.1) is 22.5 Å². The highest BCUT2D eigenvalue weighted by atomic mass is 19.4. The number of hydrogen-bond acceptors (Lipinski definition) is 3. The van der Waals surface area contributed by atoms with Crippen molar-refractivity contribution in [3.63, 3.8) is 0 Å². The standard InChI is InChI=1S/C13H8F5N3O/c14-8-3-6(5-20-11(8)15)12(22)21-10-2-1-7(4-9(10)19)13(16,17)18/h1-5H,19H2,(H,21,22). The number of pyridine rings is 1. The molecule has 0 bridgehead atoms. The zero-order chi connectivity index (χ0) is 16.5. The van der Waals surface area contributed by atoms with Crippen LogP contribution in [0.3, 0.4) is 0 Å². The van der Waals surface area contributed by atoms with Crippen molar-refractivity contribution in [3.05, 3.63) is 53.4 Å². The summed E-state index contributed by atoms with van der Waals surface area (Å²) in [5.74, 6) is -3.59. The number of benzene rings is 1. The molecule has 0 unspecified atom stereocenters. The van der Waals surface area contributed by atoms with Gasteiger partial charge in [-0.2, -0.15) is 17.6 Å². The van der Waals surface area contributed by atoms with E-state index in [0.29, 0.717) is 12.1 Å². The second-order valence-electron chi connectivity index (χ2n) is 4.25. The van der Waals surface area contributed by atoms with Gasteiger partial charge in [0, 0.05) is 6.20 Å². The van der Waals surface area contributed by atoms with E-state index in [1.54, 1.807) is 0 Å². The first kappa shape index (κ1) is 15.7. The third-order valence-electron chi connectivity index (χ3n) is 2.69. The molecule has 0 atom stereocenters. The molecule has 0 saturated heterocycles. The lowest BCUT2D eigenvalue weighted by atomic mass is 10.1. The number of carbonyl (C=O) groups excluding carboxylic acids is 1. The van der Waals surface area contributed by atoms with Gasteiger partial charge in [0.15, 0.2) is 5.82 Å². The second-order valence-corrected chi connectivity index (χ2v) is 4.25. The molecule has 2 aromatic rings. The van der Waals surface area contributed by atoms with Gasteiger partial charge in [-0.1, -0.05) is 0 Å². The lowest BCUT2D eigenvalue weighted by Gasteiger charge is -2.11. The summed E-state index contributed by atoms with van der Waals surface area (Å²) in [4.78, 5) is 14.8. The summed E-state index contributed by atoms with van der Waals surface area (Å²) in [6.45, 7) is 0. The molecule has 2 rings (SSSR count). The topological polar surface area (TPSA) is 68.0 Å². The number of anilines is 2. The molecule has 0 aliphatic carbocycles. The molecule has 0 saturated carbocycles. The van der Waals surface area contributed by atoms with E-state index in [4.69, 9.17) is 5.73 Å². The fourth-order valence-corrected chi connectivity index (χ4v) is 1.59. The average molecular weight is 317 g/mol. The van der Waals surface area contributed by atoms with Gasteiger partial charge in [-0.25, -0.2) is 9.37 Å². The summed E-state index contributed by atoms with van der Waals surface area (Å²) in [6.07, 6.45) is -3.78. The van der Waals surface area contributed by atoms with Gasteiger partial charge < -0.3 is 11.1 Å². The molecule has 0 spiro atoms. The number of aromatic nitrogens is 1. The van der Waals surface area contributed by atoms with E-state index in [1.807, 2.05) is 0 Å². The van der Waals surface area contributed by atoms with E-state index >= 15 is 0 Å². The van der Waals surface area contributed by atoms with Crippen LogP contribution in [0.2, 0.25) is 0 Å². The first-order chi connectivity index (χ1) is 10.2. The van der Waals surface area contributed by atoms with Crippen LogP contribution in [0, 0.1) is 11.8 Å². The number of carbonyl (C=O) groups is 1. The van der Waals surface area contributed by atoms with Crippen LogP contribution in [0.4, 0.5) is 33.3 Å². The normalized spacial score (nSPS) is 11.3. The number of halogens is 5. The molecule has 0 aliphatic rings. The largest absolute Gasteiger partial charge is 0.416 e. The van der Waals surface area contributed by atoms with Crippen LogP contribution in [0.1, 0.15) is 15.9 Å². The lowest BCUT2D eigenvalue weighted by Crippen LogP contribution is -2.15. The minimum atomic E-state index is -4.57. The highest BCUT2D eigenvalue weighted by Crippen LogP contribution is 2.32. The molecular formula is C13H8F5N3O. The average Bonchev–Trinajstić information content (AvgIpc) is 2.42. The van der Waals surface area contributed by atoms with E-state index in [-0.39, 0.29) is 16.9 Å². The van der Waals surface area contributed by atoms with Crippen molar-refractivity contribution in [2.75, 3.05) is 11.1 Å². The van der Waals surface area contributed by atoms with E-state index in [1.165, 1.54) is 0 Å².